The van der Waals surface area contributed by atoms with E-state index in [-0.39, 0.29) is 0 Å². The molecule has 2 aliphatic rings. The fourth-order valence-electron chi connectivity index (χ4n) is 2.97. The first kappa shape index (κ1) is 13.1. The van der Waals surface area contributed by atoms with E-state index in [2.05, 4.69) is 38.8 Å². The molecule has 1 aliphatic heterocycles. The first-order chi connectivity index (χ1) is 9.28. The Labute approximate surface area is 115 Å². The average Bonchev–Trinajstić information content (AvgIpc) is 3.16. The van der Waals surface area contributed by atoms with Crippen LogP contribution in [0, 0.1) is 5.92 Å². The monoisotopic (exact) mass is 263 g/mol. The molecule has 0 spiro atoms. The quantitative estimate of drug-likeness (QED) is 0.869. The van der Waals surface area contributed by atoms with Crippen molar-refractivity contribution in [1.29, 1.82) is 0 Å². The van der Waals surface area contributed by atoms with Crippen molar-refractivity contribution < 1.29 is 0 Å². The summed E-state index contributed by atoms with van der Waals surface area (Å²) in [5, 5.41) is 8.02. The SMILES string of the molecule is CCCn1ncnc1CN1CC(C2CC2)NCC1C. The average molecular weight is 263 g/mol. The van der Waals surface area contributed by atoms with E-state index in [1.54, 1.807) is 6.33 Å². The van der Waals surface area contributed by atoms with Gasteiger partial charge < -0.3 is 5.32 Å². The highest BCUT2D eigenvalue weighted by Crippen LogP contribution is 2.34. The molecule has 5 nitrogen and oxygen atoms in total. The van der Waals surface area contributed by atoms with E-state index in [1.807, 2.05) is 0 Å². The van der Waals surface area contributed by atoms with Gasteiger partial charge in [-0.05, 0) is 32.1 Å². The third kappa shape index (κ3) is 2.98. The fraction of sp³-hybridized carbons (Fsp3) is 0.857. The van der Waals surface area contributed by atoms with Crippen molar-refractivity contribution in [3.63, 3.8) is 0 Å². The molecule has 19 heavy (non-hydrogen) atoms. The minimum atomic E-state index is 0.585. The molecular weight excluding hydrogens is 238 g/mol. The summed E-state index contributed by atoms with van der Waals surface area (Å²) in [6, 6.07) is 1.28. The summed E-state index contributed by atoms with van der Waals surface area (Å²) in [5.41, 5.74) is 0. The maximum atomic E-state index is 4.44. The fourth-order valence-corrected chi connectivity index (χ4v) is 2.97. The second kappa shape index (κ2) is 5.59. The number of rotatable bonds is 5. The van der Waals surface area contributed by atoms with Crippen molar-refractivity contribution >= 4 is 0 Å². The molecule has 1 N–H and O–H groups in total. The summed E-state index contributed by atoms with van der Waals surface area (Å²) in [5.74, 6) is 2.04. The zero-order chi connectivity index (χ0) is 13.2. The van der Waals surface area contributed by atoms with E-state index >= 15 is 0 Å². The van der Waals surface area contributed by atoms with E-state index in [9.17, 15) is 0 Å². The molecule has 0 amide bonds. The molecule has 2 fully saturated rings. The van der Waals surface area contributed by atoms with Gasteiger partial charge in [-0.2, -0.15) is 5.10 Å². The standard InChI is InChI=1S/C14H25N5/c1-3-6-19-14(16-10-17-19)9-18-8-13(12-4-5-12)15-7-11(18)2/h10-13,15H,3-9H2,1-2H3. The predicted octanol–water partition coefficient (Wildman–Crippen LogP) is 1.26. The Morgan fingerprint density at radius 2 is 2.26 bits per heavy atom. The molecule has 2 heterocycles. The van der Waals surface area contributed by atoms with Crippen molar-refractivity contribution in [2.45, 2.75) is 58.3 Å². The van der Waals surface area contributed by atoms with Crippen LogP contribution in [0.2, 0.25) is 0 Å². The number of hydrogen-bond donors (Lipinski definition) is 1. The lowest BCUT2D eigenvalue weighted by Gasteiger charge is -2.38. The van der Waals surface area contributed by atoms with E-state index in [0.29, 0.717) is 12.1 Å². The summed E-state index contributed by atoms with van der Waals surface area (Å²) in [7, 11) is 0. The van der Waals surface area contributed by atoms with E-state index in [0.717, 1.165) is 44.3 Å². The Morgan fingerprint density at radius 3 is 3.00 bits per heavy atom. The van der Waals surface area contributed by atoms with Gasteiger partial charge in [0.25, 0.3) is 0 Å². The summed E-state index contributed by atoms with van der Waals surface area (Å²) in [4.78, 5) is 7.00. The number of nitrogens with one attached hydrogen (secondary N) is 1. The first-order valence-corrected chi connectivity index (χ1v) is 7.62. The van der Waals surface area contributed by atoms with E-state index < -0.39 is 0 Å². The van der Waals surface area contributed by atoms with Gasteiger partial charge in [-0.1, -0.05) is 6.92 Å². The minimum absolute atomic E-state index is 0.585. The molecule has 0 bridgehead atoms. The molecule has 3 rings (SSSR count). The van der Waals surface area contributed by atoms with Crippen LogP contribution in [0.1, 0.15) is 38.9 Å². The second-order valence-corrected chi connectivity index (χ2v) is 6.03. The van der Waals surface area contributed by atoms with Gasteiger partial charge in [-0.25, -0.2) is 9.67 Å². The highest BCUT2D eigenvalue weighted by molar-refractivity contribution is 4.95. The van der Waals surface area contributed by atoms with Crippen LogP contribution < -0.4 is 5.32 Å². The van der Waals surface area contributed by atoms with Gasteiger partial charge in [0.1, 0.15) is 12.2 Å². The van der Waals surface area contributed by atoms with Crippen LogP contribution in [0.5, 0.6) is 0 Å². The molecule has 2 unspecified atom stereocenters. The van der Waals surface area contributed by atoms with Gasteiger partial charge in [-0.15, -0.1) is 0 Å². The van der Waals surface area contributed by atoms with Crippen LogP contribution in [0.4, 0.5) is 0 Å². The number of hydrogen-bond acceptors (Lipinski definition) is 4. The molecule has 106 valence electrons. The van der Waals surface area contributed by atoms with Gasteiger partial charge in [0.05, 0.1) is 6.54 Å². The number of piperazine rings is 1. The lowest BCUT2D eigenvalue weighted by molar-refractivity contribution is 0.120. The summed E-state index contributed by atoms with van der Waals surface area (Å²) in [6.45, 7) is 8.65. The highest BCUT2D eigenvalue weighted by atomic mass is 15.4. The second-order valence-electron chi connectivity index (χ2n) is 6.03. The molecule has 1 aromatic heterocycles. The maximum absolute atomic E-state index is 4.44. The molecule has 1 aliphatic carbocycles. The molecule has 1 aromatic rings. The highest BCUT2D eigenvalue weighted by Gasteiger charge is 2.36. The van der Waals surface area contributed by atoms with Crippen molar-refractivity contribution in [1.82, 2.24) is 25.0 Å². The van der Waals surface area contributed by atoms with Crippen LogP contribution in [0.15, 0.2) is 6.33 Å². The van der Waals surface area contributed by atoms with Crippen molar-refractivity contribution in [3.05, 3.63) is 12.2 Å². The predicted molar refractivity (Wildman–Crippen MR) is 74.7 cm³/mol. The molecule has 1 saturated carbocycles. The number of aromatic nitrogens is 3. The smallest absolute Gasteiger partial charge is 0.141 e. The number of aryl methyl sites for hydroxylation is 1. The topological polar surface area (TPSA) is 46.0 Å². The zero-order valence-electron chi connectivity index (χ0n) is 12.0. The van der Waals surface area contributed by atoms with Gasteiger partial charge in [0.15, 0.2) is 0 Å². The zero-order valence-corrected chi connectivity index (χ0v) is 12.0. The van der Waals surface area contributed by atoms with Gasteiger partial charge >= 0.3 is 0 Å². The summed E-state index contributed by atoms with van der Waals surface area (Å²) in [6.07, 6.45) is 5.62. The van der Waals surface area contributed by atoms with Crippen molar-refractivity contribution in [2.24, 2.45) is 5.92 Å². The molecular formula is C14H25N5. The van der Waals surface area contributed by atoms with Gasteiger partial charge in [0.2, 0.25) is 0 Å². The lowest BCUT2D eigenvalue weighted by Crippen LogP contribution is -2.55. The molecule has 0 radical (unpaired) electrons. The Morgan fingerprint density at radius 1 is 1.42 bits per heavy atom. The Hall–Kier alpha value is -0.940. The van der Waals surface area contributed by atoms with Crippen LogP contribution in [0.25, 0.3) is 0 Å². The van der Waals surface area contributed by atoms with Crippen LogP contribution in [0.3, 0.4) is 0 Å². The summed E-state index contributed by atoms with van der Waals surface area (Å²) < 4.78 is 2.06. The molecule has 0 aromatic carbocycles. The Balaban J connectivity index is 1.64. The third-order valence-electron chi connectivity index (χ3n) is 4.40. The van der Waals surface area contributed by atoms with Crippen molar-refractivity contribution in [2.75, 3.05) is 13.1 Å². The molecule has 1 saturated heterocycles. The third-order valence-corrected chi connectivity index (χ3v) is 4.40. The van der Waals surface area contributed by atoms with Gasteiger partial charge in [-0.3, -0.25) is 4.90 Å². The Bertz CT molecular complexity index is 412. The van der Waals surface area contributed by atoms with Crippen LogP contribution >= 0.6 is 0 Å². The number of nitrogens with zero attached hydrogens (tertiary/aromatic N) is 4. The first-order valence-electron chi connectivity index (χ1n) is 7.62. The largest absolute Gasteiger partial charge is 0.311 e. The van der Waals surface area contributed by atoms with E-state index in [1.165, 1.54) is 12.8 Å². The van der Waals surface area contributed by atoms with Crippen molar-refractivity contribution in [3.8, 4) is 0 Å². The molecule has 2 atom stereocenters. The Kier molecular flexibility index (Phi) is 3.84. The maximum Gasteiger partial charge on any atom is 0.141 e. The van der Waals surface area contributed by atoms with Crippen LogP contribution in [-0.4, -0.2) is 44.8 Å². The van der Waals surface area contributed by atoms with E-state index in [4.69, 9.17) is 0 Å². The minimum Gasteiger partial charge on any atom is -0.311 e. The summed E-state index contributed by atoms with van der Waals surface area (Å²) >= 11 is 0. The normalized spacial score (nSPS) is 28.7. The lowest BCUT2D eigenvalue weighted by atomic mass is 10.1. The van der Waals surface area contributed by atoms with Crippen LogP contribution in [-0.2, 0) is 13.1 Å². The van der Waals surface area contributed by atoms with Gasteiger partial charge in [0, 0.05) is 31.7 Å². The molecule has 5 heteroatoms.